The number of aromatic hydroxyl groups is 2. The van der Waals surface area contributed by atoms with Gasteiger partial charge in [-0.1, -0.05) is 6.42 Å². The first-order chi connectivity index (χ1) is 7.18. The van der Waals surface area contributed by atoms with Gasteiger partial charge < -0.3 is 15.5 Å². The van der Waals surface area contributed by atoms with Crippen LogP contribution in [-0.2, 0) is 0 Å². The molecule has 4 heteroatoms. The number of piperidine rings is 1. The third-order valence-corrected chi connectivity index (χ3v) is 2.78. The highest BCUT2D eigenvalue weighted by atomic mass is 19.1. The summed E-state index contributed by atoms with van der Waals surface area (Å²) in [5, 5.41) is 22.0. The molecule has 1 aromatic rings. The molecule has 0 aliphatic carbocycles. The van der Waals surface area contributed by atoms with Crippen LogP contribution < -0.4 is 5.32 Å². The molecule has 3 N–H and O–H groups in total. The van der Waals surface area contributed by atoms with Crippen LogP contribution in [-0.4, -0.2) is 16.8 Å². The maximum atomic E-state index is 12.9. The summed E-state index contributed by atoms with van der Waals surface area (Å²) in [5.74, 6) is -1.29. The van der Waals surface area contributed by atoms with Gasteiger partial charge in [0.2, 0.25) is 0 Å². The van der Waals surface area contributed by atoms with Crippen molar-refractivity contribution in [1.29, 1.82) is 0 Å². The van der Waals surface area contributed by atoms with Gasteiger partial charge in [0.25, 0.3) is 0 Å². The molecule has 0 amide bonds. The number of nitrogens with one attached hydrogen (secondary N) is 1. The normalized spacial score (nSPS) is 21.5. The Balaban J connectivity index is 2.30. The van der Waals surface area contributed by atoms with E-state index in [1.54, 1.807) is 0 Å². The first-order valence-electron chi connectivity index (χ1n) is 5.13. The van der Waals surface area contributed by atoms with E-state index in [0.717, 1.165) is 31.9 Å². The van der Waals surface area contributed by atoms with E-state index in [1.807, 2.05) is 0 Å². The number of hydrogen-bond donors (Lipinski definition) is 3. The Morgan fingerprint density at radius 2 is 2.00 bits per heavy atom. The van der Waals surface area contributed by atoms with E-state index in [4.69, 9.17) is 0 Å². The van der Waals surface area contributed by atoms with Crippen molar-refractivity contribution < 1.29 is 14.6 Å². The zero-order valence-corrected chi connectivity index (χ0v) is 8.33. The summed E-state index contributed by atoms with van der Waals surface area (Å²) in [4.78, 5) is 0. The number of benzene rings is 1. The summed E-state index contributed by atoms with van der Waals surface area (Å²) in [5.41, 5.74) is 0.577. The molecule has 1 atom stereocenters. The second kappa shape index (κ2) is 4.06. The number of rotatable bonds is 1. The monoisotopic (exact) mass is 211 g/mol. The van der Waals surface area contributed by atoms with E-state index >= 15 is 0 Å². The molecule has 15 heavy (non-hydrogen) atoms. The van der Waals surface area contributed by atoms with Crippen molar-refractivity contribution in [2.75, 3.05) is 6.54 Å². The van der Waals surface area contributed by atoms with Crippen LogP contribution in [0.2, 0.25) is 0 Å². The van der Waals surface area contributed by atoms with Gasteiger partial charge in [0.05, 0.1) is 0 Å². The van der Waals surface area contributed by atoms with E-state index in [9.17, 15) is 14.6 Å². The molecule has 1 saturated heterocycles. The maximum Gasteiger partial charge on any atom is 0.168 e. The van der Waals surface area contributed by atoms with Crippen LogP contribution in [0.5, 0.6) is 11.5 Å². The van der Waals surface area contributed by atoms with E-state index in [1.165, 1.54) is 6.07 Å². The van der Waals surface area contributed by atoms with Crippen LogP contribution in [0.3, 0.4) is 0 Å². The molecule has 0 spiro atoms. The van der Waals surface area contributed by atoms with E-state index in [0.29, 0.717) is 5.56 Å². The molecule has 1 heterocycles. The molecule has 0 radical (unpaired) electrons. The van der Waals surface area contributed by atoms with Crippen molar-refractivity contribution in [3.8, 4) is 11.5 Å². The highest BCUT2D eigenvalue weighted by Gasteiger charge is 2.19. The fourth-order valence-electron chi connectivity index (χ4n) is 1.96. The van der Waals surface area contributed by atoms with Gasteiger partial charge in [-0.25, -0.2) is 4.39 Å². The zero-order valence-electron chi connectivity index (χ0n) is 8.33. The summed E-state index contributed by atoms with van der Waals surface area (Å²) in [6.07, 6.45) is 3.10. The molecule has 1 fully saturated rings. The highest BCUT2D eigenvalue weighted by molar-refractivity contribution is 5.41. The first-order valence-corrected chi connectivity index (χ1v) is 5.13. The van der Waals surface area contributed by atoms with Crippen LogP contribution in [0.4, 0.5) is 4.39 Å². The molecule has 1 aliphatic rings. The topological polar surface area (TPSA) is 52.5 Å². The van der Waals surface area contributed by atoms with E-state index in [2.05, 4.69) is 5.32 Å². The Bertz CT molecular complexity index is 362. The highest BCUT2D eigenvalue weighted by Crippen LogP contribution is 2.33. The Labute approximate surface area is 87.6 Å². The zero-order chi connectivity index (χ0) is 10.8. The number of phenolic OH excluding ortho intramolecular Hbond substituents is 2. The SMILES string of the molecule is Oc1cc(C2CCCCN2)c(O)cc1F. The second-order valence-corrected chi connectivity index (χ2v) is 3.86. The molecule has 0 saturated carbocycles. The van der Waals surface area contributed by atoms with Crippen molar-refractivity contribution >= 4 is 0 Å². The standard InChI is InChI=1S/C11H14FNO2/c12-8-6-10(14)7(5-11(8)15)9-3-1-2-4-13-9/h5-6,9,13-15H,1-4H2. The Morgan fingerprint density at radius 1 is 1.20 bits per heavy atom. The lowest BCUT2D eigenvalue weighted by molar-refractivity contribution is 0.379. The van der Waals surface area contributed by atoms with Crippen molar-refractivity contribution in [3.63, 3.8) is 0 Å². The number of phenols is 2. The lowest BCUT2D eigenvalue weighted by Gasteiger charge is -2.24. The molecular weight excluding hydrogens is 197 g/mol. The van der Waals surface area contributed by atoms with Gasteiger partial charge in [0.1, 0.15) is 5.75 Å². The van der Waals surface area contributed by atoms with Crippen LogP contribution in [0.15, 0.2) is 12.1 Å². The molecule has 2 rings (SSSR count). The van der Waals surface area contributed by atoms with Crippen molar-refractivity contribution in [3.05, 3.63) is 23.5 Å². The van der Waals surface area contributed by atoms with E-state index < -0.39 is 11.6 Å². The Kier molecular flexibility index (Phi) is 2.77. The van der Waals surface area contributed by atoms with Gasteiger partial charge >= 0.3 is 0 Å². The number of halogens is 1. The van der Waals surface area contributed by atoms with Gasteiger partial charge in [0, 0.05) is 17.7 Å². The molecule has 1 aliphatic heterocycles. The Morgan fingerprint density at radius 3 is 2.67 bits per heavy atom. The third kappa shape index (κ3) is 2.04. The fourth-order valence-corrected chi connectivity index (χ4v) is 1.96. The molecule has 82 valence electrons. The largest absolute Gasteiger partial charge is 0.507 e. The summed E-state index contributed by atoms with van der Waals surface area (Å²) in [6.45, 7) is 0.891. The van der Waals surface area contributed by atoms with Gasteiger partial charge in [-0.05, 0) is 25.5 Å². The summed E-state index contributed by atoms with van der Waals surface area (Å²) >= 11 is 0. The third-order valence-electron chi connectivity index (χ3n) is 2.78. The molecule has 0 bridgehead atoms. The van der Waals surface area contributed by atoms with Gasteiger partial charge in [-0.2, -0.15) is 0 Å². The van der Waals surface area contributed by atoms with Crippen LogP contribution in [0, 0.1) is 5.82 Å². The molecule has 1 unspecified atom stereocenters. The van der Waals surface area contributed by atoms with E-state index in [-0.39, 0.29) is 11.8 Å². The van der Waals surface area contributed by atoms with Crippen LogP contribution >= 0.6 is 0 Å². The minimum absolute atomic E-state index is 0.0187. The molecule has 3 nitrogen and oxygen atoms in total. The smallest absolute Gasteiger partial charge is 0.168 e. The quantitative estimate of drug-likeness (QED) is 0.623. The first kappa shape index (κ1) is 10.2. The van der Waals surface area contributed by atoms with Gasteiger partial charge in [0.15, 0.2) is 11.6 Å². The van der Waals surface area contributed by atoms with Crippen molar-refractivity contribution in [2.24, 2.45) is 0 Å². The summed E-state index contributed by atoms with van der Waals surface area (Å²) < 4.78 is 12.9. The lowest BCUT2D eigenvalue weighted by atomic mass is 9.96. The van der Waals surface area contributed by atoms with Gasteiger partial charge in [-0.15, -0.1) is 0 Å². The van der Waals surface area contributed by atoms with Crippen LogP contribution in [0.1, 0.15) is 30.9 Å². The fraction of sp³-hybridized carbons (Fsp3) is 0.455. The lowest BCUT2D eigenvalue weighted by Crippen LogP contribution is -2.26. The summed E-state index contributed by atoms with van der Waals surface area (Å²) in [6, 6.07) is 2.28. The Hall–Kier alpha value is -1.29. The molecule has 0 aromatic heterocycles. The van der Waals surface area contributed by atoms with Crippen LogP contribution in [0.25, 0.3) is 0 Å². The van der Waals surface area contributed by atoms with Crippen molar-refractivity contribution in [2.45, 2.75) is 25.3 Å². The molecular formula is C11H14FNO2. The predicted molar refractivity (Wildman–Crippen MR) is 54.3 cm³/mol. The van der Waals surface area contributed by atoms with Crippen molar-refractivity contribution in [1.82, 2.24) is 5.32 Å². The average molecular weight is 211 g/mol. The minimum Gasteiger partial charge on any atom is -0.507 e. The minimum atomic E-state index is -0.785. The maximum absolute atomic E-state index is 12.9. The average Bonchev–Trinajstić information content (AvgIpc) is 2.25. The second-order valence-electron chi connectivity index (χ2n) is 3.86. The predicted octanol–water partition coefficient (Wildman–Crippen LogP) is 2.05. The van der Waals surface area contributed by atoms with Gasteiger partial charge in [-0.3, -0.25) is 0 Å². The number of hydrogen-bond acceptors (Lipinski definition) is 3. The molecule has 1 aromatic carbocycles. The summed E-state index contributed by atoms with van der Waals surface area (Å²) in [7, 11) is 0.